The number of likely N-dealkylation sites (N-methyl/N-ethyl adjacent to an activating group) is 1. The molecule has 0 radical (unpaired) electrons. The molecule has 1 fully saturated rings. The number of piperazine rings is 1. The van der Waals surface area contributed by atoms with Crippen LogP contribution < -0.4 is 4.74 Å². The molecule has 1 aromatic rings. The lowest BCUT2D eigenvalue weighted by molar-refractivity contribution is 0.130. The van der Waals surface area contributed by atoms with Crippen LogP contribution in [0.5, 0.6) is 11.5 Å². The van der Waals surface area contributed by atoms with Crippen molar-refractivity contribution in [3.05, 3.63) is 22.3 Å². The van der Waals surface area contributed by atoms with Crippen LogP contribution in [0.3, 0.4) is 0 Å². The summed E-state index contributed by atoms with van der Waals surface area (Å²) in [7, 11) is 2.19. The van der Waals surface area contributed by atoms with Crippen LogP contribution in [0.2, 0.25) is 0 Å². The summed E-state index contributed by atoms with van der Waals surface area (Å²) in [5.74, 6) is 1.47. The van der Waals surface area contributed by atoms with E-state index in [1.807, 2.05) is 13.8 Å². The molecule has 0 amide bonds. The van der Waals surface area contributed by atoms with E-state index in [4.69, 9.17) is 4.74 Å². The molecule has 0 saturated carbocycles. The molecule has 4 nitrogen and oxygen atoms in total. The second kappa shape index (κ2) is 6.09. The van der Waals surface area contributed by atoms with Gasteiger partial charge in [0.25, 0.3) is 0 Å². The van der Waals surface area contributed by atoms with Gasteiger partial charge < -0.3 is 19.6 Å². The number of rotatable bonds is 3. The first kappa shape index (κ1) is 15.6. The standard InChI is InChI=1S/C18H28N2O2/c1-12-13(2)18-16(14(3)17(12)21)11-15(22-18)5-6-20-9-7-19(4)8-10-20/h15,21H,5-11H2,1-4H3/t15-/m1/s1. The minimum atomic E-state index is 0.258. The van der Waals surface area contributed by atoms with Gasteiger partial charge in [-0.1, -0.05) is 0 Å². The van der Waals surface area contributed by atoms with Gasteiger partial charge in [-0.05, 0) is 50.9 Å². The Balaban J connectivity index is 1.63. The fourth-order valence-corrected chi connectivity index (χ4v) is 3.57. The zero-order chi connectivity index (χ0) is 15.9. The van der Waals surface area contributed by atoms with Gasteiger partial charge in [0.05, 0.1) is 0 Å². The molecule has 0 aliphatic carbocycles. The van der Waals surface area contributed by atoms with Crippen LogP contribution in [0, 0.1) is 20.8 Å². The molecule has 2 aliphatic heterocycles. The Morgan fingerprint density at radius 2 is 1.73 bits per heavy atom. The lowest BCUT2D eigenvalue weighted by atomic mass is 9.95. The predicted molar refractivity (Wildman–Crippen MR) is 89.0 cm³/mol. The highest BCUT2D eigenvalue weighted by molar-refractivity contribution is 5.59. The topological polar surface area (TPSA) is 35.9 Å². The van der Waals surface area contributed by atoms with Crippen molar-refractivity contribution in [2.45, 2.75) is 39.7 Å². The van der Waals surface area contributed by atoms with Gasteiger partial charge in [-0.2, -0.15) is 0 Å². The maximum atomic E-state index is 10.2. The van der Waals surface area contributed by atoms with Crippen molar-refractivity contribution >= 4 is 0 Å². The number of hydrogen-bond acceptors (Lipinski definition) is 4. The molecular formula is C18H28N2O2. The highest BCUT2D eigenvalue weighted by Crippen LogP contribution is 2.42. The van der Waals surface area contributed by atoms with E-state index in [1.165, 1.54) is 5.56 Å². The number of phenolic OH excluding ortho intramolecular Hbond substituents is 1. The fraction of sp³-hybridized carbons (Fsp3) is 0.667. The molecule has 1 N–H and O–H groups in total. The monoisotopic (exact) mass is 304 g/mol. The second-order valence-electron chi connectivity index (χ2n) is 6.91. The van der Waals surface area contributed by atoms with Gasteiger partial charge in [-0.3, -0.25) is 0 Å². The first-order valence-electron chi connectivity index (χ1n) is 8.36. The summed E-state index contributed by atoms with van der Waals surface area (Å²) >= 11 is 0. The van der Waals surface area contributed by atoms with Crippen molar-refractivity contribution in [1.29, 1.82) is 0 Å². The lowest BCUT2D eigenvalue weighted by Gasteiger charge is -2.32. The number of benzene rings is 1. The third-order valence-electron chi connectivity index (χ3n) is 5.42. The molecule has 0 aromatic heterocycles. The summed E-state index contributed by atoms with van der Waals surface area (Å²) in [6, 6.07) is 0. The normalized spacial score (nSPS) is 22.6. The lowest BCUT2D eigenvalue weighted by Crippen LogP contribution is -2.45. The van der Waals surface area contributed by atoms with E-state index < -0.39 is 0 Å². The molecule has 1 aromatic carbocycles. The van der Waals surface area contributed by atoms with Crippen molar-refractivity contribution in [2.24, 2.45) is 0 Å². The van der Waals surface area contributed by atoms with E-state index in [2.05, 4.69) is 23.8 Å². The van der Waals surface area contributed by atoms with Crippen LogP contribution in [0.1, 0.15) is 28.7 Å². The van der Waals surface area contributed by atoms with Crippen molar-refractivity contribution in [3.8, 4) is 11.5 Å². The van der Waals surface area contributed by atoms with Crippen LogP contribution >= 0.6 is 0 Å². The molecule has 22 heavy (non-hydrogen) atoms. The summed E-state index contributed by atoms with van der Waals surface area (Å²) < 4.78 is 6.22. The molecule has 0 unspecified atom stereocenters. The maximum Gasteiger partial charge on any atom is 0.126 e. The highest BCUT2D eigenvalue weighted by atomic mass is 16.5. The third-order valence-corrected chi connectivity index (χ3v) is 5.42. The zero-order valence-corrected chi connectivity index (χ0v) is 14.3. The Hall–Kier alpha value is -1.26. The van der Waals surface area contributed by atoms with Gasteiger partial charge in [0.1, 0.15) is 17.6 Å². The summed E-state index contributed by atoms with van der Waals surface area (Å²) in [4.78, 5) is 4.92. The first-order chi connectivity index (χ1) is 10.5. The van der Waals surface area contributed by atoms with E-state index in [0.717, 1.165) is 68.0 Å². The highest BCUT2D eigenvalue weighted by Gasteiger charge is 2.29. The largest absolute Gasteiger partial charge is 0.507 e. The van der Waals surface area contributed by atoms with Crippen LogP contribution in [0.4, 0.5) is 0 Å². The van der Waals surface area contributed by atoms with E-state index in [1.54, 1.807) is 0 Å². The average molecular weight is 304 g/mol. The van der Waals surface area contributed by atoms with Crippen LogP contribution in [0.15, 0.2) is 0 Å². The quantitative estimate of drug-likeness (QED) is 0.929. The zero-order valence-electron chi connectivity index (χ0n) is 14.3. The van der Waals surface area contributed by atoms with Gasteiger partial charge >= 0.3 is 0 Å². The molecule has 3 rings (SSSR count). The predicted octanol–water partition coefficient (Wildman–Crippen LogP) is 2.26. The number of aromatic hydroxyl groups is 1. The molecule has 2 aliphatic rings. The Morgan fingerprint density at radius 3 is 2.41 bits per heavy atom. The van der Waals surface area contributed by atoms with Crippen molar-refractivity contribution in [3.63, 3.8) is 0 Å². The van der Waals surface area contributed by atoms with E-state index in [-0.39, 0.29) is 6.10 Å². The molecule has 2 heterocycles. The number of ether oxygens (including phenoxy) is 1. The number of phenols is 1. The van der Waals surface area contributed by atoms with Gasteiger partial charge in [0.15, 0.2) is 0 Å². The summed E-state index contributed by atoms with van der Waals surface area (Å²) in [6.07, 6.45) is 2.26. The minimum Gasteiger partial charge on any atom is -0.507 e. The SMILES string of the molecule is Cc1c(C)c2c(c(C)c1O)C[C@@H](CCN1CCN(C)CC1)O2. The van der Waals surface area contributed by atoms with Crippen molar-refractivity contribution in [2.75, 3.05) is 39.8 Å². The molecule has 1 saturated heterocycles. The van der Waals surface area contributed by atoms with Gasteiger partial charge in [0.2, 0.25) is 0 Å². The Morgan fingerprint density at radius 1 is 1.05 bits per heavy atom. The van der Waals surface area contributed by atoms with E-state index >= 15 is 0 Å². The Labute approximate surface area is 133 Å². The number of hydrogen-bond donors (Lipinski definition) is 1. The molecule has 4 heteroatoms. The molecule has 0 spiro atoms. The minimum absolute atomic E-state index is 0.258. The third kappa shape index (κ3) is 2.82. The smallest absolute Gasteiger partial charge is 0.126 e. The van der Waals surface area contributed by atoms with Crippen LogP contribution in [-0.2, 0) is 6.42 Å². The fourth-order valence-electron chi connectivity index (χ4n) is 3.57. The van der Waals surface area contributed by atoms with Crippen LogP contribution in [0.25, 0.3) is 0 Å². The molecule has 0 bridgehead atoms. The summed E-state index contributed by atoms with van der Waals surface area (Å²) in [5.41, 5.74) is 4.26. The van der Waals surface area contributed by atoms with Gasteiger partial charge in [0, 0.05) is 44.7 Å². The number of fused-ring (bicyclic) bond motifs is 1. The van der Waals surface area contributed by atoms with Gasteiger partial charge in [-0.25, -0.2) is 0 Å². The first-order valence-corrected chi connectivity index (χ1v) is 8.36. The van der Waals surface area contributed by atoms with Crippen molar-refractivity contribution in [1.82, 2.24) is 9.80 Å². The van der Waals surface area contributed by atoms with Crippen molar-refractivity contribution < 1.29 is 9.84 Å². The van der Waals surface area contributed by atoms with Crippen LogP contribution in [-0.4, -0.2) is 60.8 Å². The Bertz CT molecular complexity index is 526. The number of nitrogens with zero attached hydrogens (tertiary/aromatic N) is 2. The Kier molecular flexibility index (Phi) is 4.33. The summed E-state index contributed by atoms with van der Waals surface area (Å²) in [6.45, 7) is 11.8. The molecule has 122 valence electrons. The van der Waals surface area contributed by atoms with E-state index in [0.29, 0.717) is 5.75 Å². The summed E-state index contributed by atoms with van der Waals surface area (Å²) in [5, 5.41) is 10.2. The van der Waals surface area contributed by atoms with E-state index in [9.17, 15) is 5.11 Å². The molecular weight excluding hydrogens is 276 g/mol. The maximum absolute atomic E-state index is 10.2. The molecule has 1 atom stereocenters. The average Bonchev–Trinajstić information content (AvgIpc) is 2.95. The second-order valence-corrected chi connectivity index (χ2v) is 6.91. The van der Waals surface area contributed by atoms with Gasteiger partial charge in [-0.15, -0.1) is 0 Å².